The lowest BCUT2D eigenvalue weighted by Crippen LogP contribution is -2.07. The minimum absolute atomic E-state index is 0.602. The molecule has 0 unspecified atom stereocenters. The summed E-state index contributed by atoms with van der Waals surface area (Å²) >= 11 is 0. The van der Waals surface area contributed by atoms with Crippen LogP contribution in [0.2, 0.25) is 0 Å². The summed E-state index contributed by atoms with van der Waals surface area (Å²) in [5.41, 5.74) is 10.5. The molecule has 0 aliphatic rings. The predicted molar refractivity (Wildman–Crippen MR) is 68.7 cm³/mol. The van der Waals surface area contributed by atoms with Crippen molar-refractivity contribution in [2.75, 3.05) is 0 Å². The van der Waals surface area contributed by atoms with E-state index in [0.29, 0.717) is 6.54 Å². The maximum Gasteiger partial charge on any atom is 0.0642 e. The highest BCUT2D eigenvalue weighted by atomic mass is 15.3. The summed E-state index contributed by atoms with van der Waals surface area (Å²) in [6, 6.07) is 4.26. The van der Waals surface area contributed by atoms with Crippen LogP contribution >= 0.6 is 0 Å². The van der Waals surface area contributed by atoms with Gasteiger partial charge in [-0.25, -0.2) is 0 Å². The zero-order valence-electron chi connectivity index (χ0n) is 10.8. The monoisotopic (exact) mass is 232 g/mol. The molecule has 2 heterocycles. The van der Waals surface area contributed by atoms with Gasteiger partial charge >= 0.3 is 0 Å². The molecule has 0 saturated heterocycles. The van der Waals surface area contributed by atoms with Crippen molar-refractivity contribution >= 4 is 0 Å². The Morgan fingerprint density at radius 1 is 1.41 bits per heavy atom. The van der Waals surface area contributed by atoms with Crippen molar-refractivity contribution in [2.24, 2.45) is 12.8 Å². The van der Waals surface area contributed by atoms with E-state index in [2.05, 4.69) is 41.8 Å². The smallest absolute Gasteiger partial charge is 0.0642 e. The number of nitrogens with two attached hydrogens (primary N) is 1. The number of aromatic nitrogens is 3. The van der Waals surface area contributed by atoms with Gasteiger partial charge in [0.1, 0.15) is 0 Å². The lowest BCUT2D eigenvalue weighted by atomic mass is 10.2. The van der Waals surface area contributed by atoms with E-state index in [0.717, 1.165) is 18.7 Å². The van der Waals surface area contributed by atoms with Crippen molar-refractivity contribution in [3.63, 3.8) is 0 Å². The first-order valence-corrected chi connectivity index (χ1v) is 6.02. The molecule has 2 N–H and O–H groups in total. The topological polar surface area (TPSA) is 48.8 Å². The SMILES string of the molecule is CCc1cc(Cn2ccc(CN)c2C)n(C)n1. The molecule has 0 radical (unpaired) electrons. The second-order valence-electron chi connectivity index (χ2n) is 4.36. The fourth-order valence-corrected chi connectivity index (χ4v) is 2.05. The van der Waals surface area contributed by atoms with Gasteiger partial charge < -0.3 is 10.3 Å². The van der Waals surface area contributed by atoms with Crippen molar-refractivity contribution in [2.45, 2.75) is 33.4 Å². The van der Waals surface area contributed by atoms with Crippen LogP contribution in [0.25, 0.3) is 0 Å². The lowest BCUT2D eigenvalue weighted by Gasteiger charge is -2.07. The summed E-state index contributed by atoms with van der Waals surface area (Å²) in [4.78, 5) is 0. The molecule has 0 spiro atoms. The van der Waals surface area contributed by atoms with Gasteiger partial charge in [-0.2, -0.15) is 5.10 Å². The van der Waals surface area contributed by atoms with Gasteiger partial charge in [0.2, 0.25) is 0 Å². The van der Waals surface area contributed by atoms with Crippen molar-refractivity contribution in [3.8, 4) is 0 Å². The molecule has 0 aromatic carbocycles. The number of rotatable bonds is 4. The van der Waals surface area contributed by atoms with Crippen LogP contribution in [0.15, 0.2) is 18.3 Å². The van der Waals surface area contributed by atoms with E-state index in [-0.39, 0.29) is 0 Å². The predicted octanol–water partition coefficient (Wildman–Crippen LogP) is 1.60. The van der Waals surface area contributed by atoms with Crippen LogP contribution in [0.1, 0.15) is 29.6 Å². The van der Waals surface area contributed by atoms with Crippen molar-refractivity contribution < 1.29 is 0 Å². The van der Waals surface area contributed by atoms with E-state index in [1.54, 1.807) is 0 Å². The van der Waals surface area contributed by atoms with Gasteiger partial charge in [-0.3, -0.25) is 4.68 Å². The van der Waals surface area contributed by atoms with Gasteiger partial charge in [0.25, 0.3) is 0 Å². The van der Waals surface area contributed by atoms with Crippen molar-refractivity contribution in [3.05, 3.63) is 41.0 Å². The molecule has 0 amide bonds. The first-order valence-electron chi connectivity index (χ1n) is 6.02. The van der Waals surface area contributed by atoms with Crippen LogP contribution in [-0.2, 0) is 26.6 Å². The lowest BCUT2D eigenvalue weighted by molar-refractivity contribution is 0.653. The zero-order chi connectivity index (χ0) is 12.4. The molecule has 0 aliphatic carbocycles. The fraction of sp³-hybridized carbons (Fsp3) is 0.462. The second-order valence-corrected chi connectivity index (χ2v) is 4.36. The van der Waals surface area contributed by atoms with E-state index in [9.17, 15) is 0 Å². The summed E-state index contributed by atoms with van der Waals surface area (Å²) < 4.78 is 4.18. The molecule has 0 bridgehead atoms. The third-order valence-electron chi connectivity index (χ3n) is 3.29. The van der Waals surface area contributed by atoms with Gasteiger partial charge in [-0.1, -0.05) is 6.92 Å². The third kappa shape index (κ3) is 2.26. The summed E-state index contributed by atoms with van der Waals surface area (Å²) in [5, 5.41) is 4.46. The summed E-state index contributed by atoms with van der Waals surface area (Å²) in [7, 11) is 2.00. The van der Waals surface area contributed by atoms with Crippen LogP contribution in [0.3, 0.4) is 0 Å². The molecule has 2 aromatic rings. The average Bonchev–Trinajstić information content (AvgIpc) is 2.85. The van der Waals surface area contributed by atoms with Gasteiger partial charge in [-0.15, -0.1) is 0 Å². The minimum Gasteiger partial charge on any atom is -0.345 e. The number of hydrogen-bond acceptors (Lipinski definition) is 2. The van der Waals surface area contributed by atoms with E-state index in [4.69, 9.17) is 5.73 Å². The van der Waals surface area contributed by atoms with Gasteiger partial charge in [0.15, 0.2) is 0 Å². The molecular weight excluding hydrogens is 212 g/mol. The molecule has 92 valence electrons. The molecule has 4 heteroatoms. The summed E-state index contributed by atoms with van der Waals surface area (Å²) in [6.45, 7) is 5.69. The second kappa shape index (κ2) is 4.75. The maximum absolute atomic E-state index is 5.68. The Kier molecular flexibility index (Phi) is 3.33. The Hall–Kier alpha value is -1.55. The molecule has 2 rings (SSSR count). The van der Waals surface area contributed by atoms with Gasteiger partial charge in [0, 0.05) is 25.5 Å². The Labute approximate surface area is 102 Å². The summed E-state index contributed by atoms with van der Waals surface area (Å²) in [5.74, 6) is 0. The van der Waals surface area contributed by atoms with E-state index >= 15 is 0 Å². The number of nitrogens with zero attached hydrogens (tertiary/aromatic N) is 3. The Morgan fingerprint density at radius 3 is 2.71 bits per heavy atom. The molecule has 2 aromatic heterocycles. The molecule has 0 aliphatic heterocycles. The van der Waals surface area contributed by atoms with Crippen LogP contribution < -0.4 is 5.73 Å². The van der Waals surface area contributed by atoms with Gasteiger partial charge in [-0.05, 0) is 31.0 Å². The highest BCUT2D eigenvalue weighted by molar-refractivity contribution is 5.22. The molecular formula is C13H20N4. The Balaban J connectivity index is 2.24. The highest BCUT2D eigenvalue weighted by Gasteiger charge is 2.07. The van der Waals surface area contributed by atoms with Crippen LogP contribution in [-0.4, -0.2) is 14.3 Å². The first-order chi connectivity index (χ1) is 8.15. The Morgan fingerprint density at radius 2 is 2.18 bits per heavy atom. The molecule has 17 heavy (non-hydrogen) atoms. The van der Waals surface area contributed by atoms with E-state index < -0.39 is 0 Å². The number of aryl methyl sites for hydroxylation is 2. The zero-order valence-corrected chi connectivity index (χ0v) is 10.8. The largest absolute Gasteiger partial charge is 0.345 e. The van der Waals surface area contributed by atoms with Crippen LogP contribution in [0, 0.1) is 6.92 Å². The summed E-state index contributed by atoms with van der Waals surface area (Å²) in [6.07, 6.45) is 3.07. The quantitative estimate of drug-likeness (QED) is 0.870. The van der Waals surface area contributed by atoms with E-state index in [1.807, 2.05) is 11.7 Å². The van der Waals surface area contributed by atoms with E-state index in [1.165, 1.54) is 17.0 Å². The third-order valence-corrected chi connectivity index (χ3v) is 3.29. The first kappa shape index (κ1) is 11.9. The van der Waals surface area contributed by atoms with Crippen molar-refractivity contribution in [1.82, 2.24) is 14.3 Å². The standard InChI is InChI=1S/C13H20N4/c1-4-12-7-13(16(3)15-12)9-17-6-5-11(8-14)10(17)2/h5-7H,4,8-9,14H2,1-3H3. The van der Waals surface area contributed by atoms with Crippen molar-refractivity contribution in [1.29, 1.82) is 0 Å². The normalized spacial score (nSPS) is 11.1. The van der Waals surface area contributed by atoms with Gasteiger partial charge in [0.05, 0.1) is 17.9 Å². The fourth-order valence-electron chi connectivity index (χ4n) is 2.05. The highest BCUT2D eigenvalue weighted by Crippen LogP contribution is 2.12. The Bertz CT molecular complexity index is 507. The average molecular weight is 232 g/mol. The maximum atomic E-state index is 5.68. The molecule has 4 nitrogen and oxygen atoms in total. The molecule has 0 atom stereocenters. The molecule has 0 fully saturated rings. The number of hydrogen-bond donors (Lipinski definition) is 1. The van der Waals surface area contributed by atoms with Crippen LogP contribution in [0.5, 0.6) is 0 Å². The van der Waals surface area contributed by atoms with Crippen LogP contribution in [0.4, 0.5) is 0 Å². The molecule has 0 saturated carbocycles. The minimum atomic E-state index is 0.602.